The maximum atomic E-state index is 12.4. The molecule has 0 radical (unpaired) electrons. The van der Waals surface area contributed by atoms with Crippen LogP contribution in [0.25, 0.3) is 10.8 Å². The van der Waals surface area contributed by atoms with Gasteiger partial charge in [0, 0.05) is 5.39 Å². The fraction of sp³-hybridized carbons (Fsp3) is 0.154. The fourth-order valence-corrected chi connectivity index (χ4v) is 2.04. The first-order valence-corrected chi connectivity index (χ1v) is 6.09. The van der Waals surface area contributed by atoms with E-state index in [9.17, 15) is 14.7 Å². The van der Waals surface area contributed by atoms with Crippen molar-refractivity contribution >= 4 is 16.7 Å². The Kier molecular flexibility index (Phi) is 2.98. The molecule has 2 aromatic heterocycles. The highest BCUT2D eigenvalue weighted by molar-refractivity contribution is 6.01. The van der Waals surface area contributed by atoms with Gasteiger partial charge in [0.15, 0.2) is 5.69 Å². The summed E-state index contributed by atoms with van der Waals surface area (Å²) in [5.41, 5.74) is 0.377. The van der Waals surface area contributed by atoms with E-state index in [2.05, 4.69) is 20.0 Å². The van der Waals surface area contributed by atoms with Gasteiger partial charge in [-0.1, -0.05) is 28.5 Å². The smallest absolute Gasteiger partial charge is 0.357 e. The van der Waals surface area contributed by atoms with Gasteiger partial charge in [0.1, 0.15) is 11.4 Å². The Morgan fingerprint density at radius 2 is 2.00 bits per heavy atom. The van der Waals surface area contributed by atoms with Gasteiger partial charge in [-0.15, -0.1) is 0 Å². The SMILES string of the molecule is Cc1nonc1Cn1nc(C(=O)O)c2ccccc2c1=O. The van der Waals surface area contributed by atoms with Crippen LogP contribution in [0.3, 0.4) is 0 Å². The van der Waals surface area contributed by atoms with Crippen LogP contribution in [-0.2, 0) is 6.54 Å². The van der Waals surface area contributed by atoms with Gasteiger partial charge in [-0.2, -0.15) is 5.10 Å². The maximum absolute atomic E-state index is 12.4. The van der Waals surface area contributed by atoms with Crippen LogP contribution in [0, 0.1) is 6.92 Å². The standard InChI is InChI=1S/C13H10N4O4/c1-7-10(16-21-15-7)6-17-12(18)9-5-3-2-4-8(9)11(14-17)13(19)20/h2-5H,6H2,1H3,(H,19,20). The summed E-state index contributed by atoms with van der Waals surface area (Å²) in [6, 6.07) is 6.45. The zero-order valence-corrected chi connectivity index (χ0v) is 11.0. The Morgan fingerprint density at radius 3 is 2.62 bits per heavy atom. The van der Waals surface area contributed by atoms with Crippen molar-refractivity contribution in [3.8, 4) is 0 Å². The molecule has 8 heteroatoms. The third kappa shape index (κ3) is 2.16. The number of aryl methyl sites for hydroxylation is 1. The van der Waals surface area contributed by atoms with E-state index in [1.807, 2.05) is 0 Å². The molecule has 0 aliphatic carbocycles. The van der Waals surface area contributed by atoms with E-state index >= 15 is 0 Å². The topological polar surface area (TPSA) is 111 Å². The van der Waals surface area contributed by atoms with Gasteiger partial charge in [0.05, 0.1) is 11.9 Å². The second-order valence-electron chi connectivity index (χ2n) is 4.46. The summed E-state index contributed by atoms with van der Waals surface area (Å²) >= 11 is 0. The minimum absolute atomic E-state index is 0.000713. The molecule has 0 atom stereocenters. The van der Waals surface area contributed by atoms with Crippen molar-refractivity contribution in [1.82, 2.24) is 20.1 Å². The van der Waals surface area contributed by atoms with E-state index in [0.29, 0.717) is 22.2 Å². The lowest BCUT2D eigenvalue weighted by atomic mass is 10.1. The Balaban J connectivity index is 2.24. The number of hydrogen-bond acceptors (Lipinski definition) is 6. The third-order valence-corrected chi connectivity index (χ3v) is 3.12. The second kappa shape index (κ2) is 4.82. The highest BCUT2D eigenvalue weighted by atomic mass is 16.6. The molecule has 0 aliphatic heterocycles. The summed E-state index contributed by atoms with van der Waals surface area (Å²) in [6.45, 7) is 1.68. The normalized spacial score (nSPS) is 10.9. The molecule has 21 heavy (non-hydrogen) atoms. The second-order valence-corrected chi connectivity index (χ2v) is 4.46. The fourth-order valence-electron chi connectivity index (χ4n) is 2.04. The number of hydrogen-bond donors (Lipinski definition) is 1. The van der Waals surface area contributed by atoms with Crippen molar-refractivity contribution in [1.29, 1.82) is 0 Å². The van der Waals surface area contributed by atoms with Crippen molar-refractivity contribution in [3.05, 3.63) is 51.7 Å². The summed E-state index contributed by atoms with van der Waals surface area (Å²) < 4.78 is 5.62. The first-order chi connectivity index (χ1) is 10.1. The molecule has 0 spiro atoms. The molecule has 0 bridgehead atoms. The van der Waals surface area contributed by atoms with E-state index in [1.165, 1.54) is 0 Å². The first kappa shape index (κ1) is 13.0. The number of rotatable bonds is 3. The number of nitrogens with zero attached hydrogens (tertiary/aromatic N) is 4. The number of fused-ring (bicyclic) bond motifs is 1. The average molecular weight is 286 g/mol. The maximum Gasteiger partial charge on any atom is 0.357 e. The average Bonchev–Trinajstić information content (AvgIpc) is 2.87. The van der Waals surface area contributed by atoms with Crippen LogP contribution in [0.5, 0.6) is 0 Å². The van der Waals surface area contributed by atoms with Gasteiger partial charge >= 0.3 is 5.97 Å². The molecule has 3 rings (SSSR count). The highest BCUT2D eigenvalue weighted by Gasteiger charge is 2.17. The van der Waals surface area contributed by atoms with Crippen LogP contribution >= 0.6 is 0 Å². The summed E-state index contributed by atoms with van der Waals surface area (Å²) in [4.78, 5) is 23.7. The molecule has 1 aromatic carbocycles. The van der Waals surface area contributed by atoms with Gasteiger partial charge in [0.25, 0.3) is 5.56 Å². The van der Waals surface area contributed by atoms with Crippen molar-refractivity contribution < 1.29 is 14.5 Å². The third-order valence-electron chi connectivity index (χ3n) is 3.12. The van der Waals surface area contributed by atoms with Gasteiger partial charge in [-0.3, -0.25) is 4.79 Å². The molecule has 8 nitrogen and oxygen atoms in total. The molecule has 0 unspecified atom stereocenters. The van der Waals surface area contributed by atoms with Crippen molar-refractivity contribution in [2.45, 2.75) is 13.5 Å². The van der Waals surface area contributed by atoms with Crippen LogP contribution in [0.1, 0.15) is 21.9 Å². The molecule has 2 heterocycles. The summed E-state index contributed by atoms with van der Waals surface area (Å²) in [5.74, 6) is -1.20. The van der Waals surface area contributed by atoms with E-state index in [4.69, 9.17) is 0 Å². The van der Waals surface area contributed by atoms with E-state index in [-0.39, 0.29) is 12.2 Å². The molecule has 0 saturated heterocycles. The van der Waals surface area contributed by atoms with Crippen molar-refractivity contribution in [2.24, 2.45) is 0 Å². The lowest BCUT2D eigenvalue weighted by molar-refractivity contribution is 0.0690. The first-order valence-electron chi connectivity index (χ1n) is 6.09. The molecule has 1 N–H and O–H groups in total. The minimum atomic E-state index is -1.20. The van der Waals surface area contributed by atoms with E-state index < -0.39 is 11.5 Å². The lowest BCUT2D eigenvalue weighted by Gasteiger charge is -2.07. The summed E-state index contributed by atoms with van der Waals surface area (Å²) in [7, 11) is 0. The Labute approximate surface area is 117 Å². The number of carbonyl (C=O) groups is 1. The molecule has 0 aliphatic rings. The van der Waals surface area contributed by atoms with Crippen LogP contribution < -0.4 is 5.56 Å². The highest BCUT2D eigenvalue weighted by Crippen LogP contribution is 2.13. The number of aromatic nitrogens is 4. The van der Waals surface area contributed by atoms with Crippen LogP contribution in [-0.4, -0.2) is 31.2 Å². The molecule has 0 fully saturated rings. The minimum Gasteiger partial charge on any atom is -0.476 e. The van der Waals surface area contributed by atoms with Crippen LogP contribution in [0.15, 0.2) is 33.7 Å². The van der Waals surface area contributed by atoms with E-state index in [1.54, 1.807) is 31.2 Å². The van der Waals surface area contributed by atoms with Gasteiger partial charge in [-0.05, 0) is 13.0 Å². The molecule has 106 valence electrons. The largest absolute Gasteiger partial charge is 0.476 e. The summed E-state index contributed by atoms with van der Waals surface area (Å²) in [5, 5.41) is 21.1. The zero-order chi connectivity index (χ0) is 15.0. The van der Waals surface area contributed by atoms with Crippen molar-refractivity contribution in [3.63, 3.8) is 0 Å². The predicted octanol–water partition coefficient (Wildman–Crippen LogP) is 0.834. The van der Waals surface area contributed by atoms with Gasteiger partial charge in [-0.25, -0.2) is 14.1 Å². The Hall–Kier alpha value is -3.03. The van der Waals surface area contributed by atoms with Gasteiger partial charge < -0.3 is 5.11 Å². The lowest BCUT2D eigenvalue weighted by Crippen LogP contribution is -2.26. The van der Waals surface area contributed by atoms with Gasteiger partial charge in [0.2, 0.25) is 0 Å². The predicted molar refractivity (Wildman–Crippen MR) is 71.1 cm³/mol. The Bertz CT molecular complexity index is 897. The number of carboxylic acid groups (broad SMARTS) is 1. The molecule has 3 aromatic rings. The van der Waals surface area contributed by atoms with Crippen LogP contribution in [0.4, 0.5) is 0 Å². The number of aromatic carboxylic acids is 1. The number of benzene rings is 1. The zero-order valence-electron chi connectivity index (χ0n) is 11.0. The monoisotopic (exact) mass is 286 g/mol. The number of carboxylic acids is 1. The molecule has 0 amide bonds. The summed E-state index contributed by atoms with van der Waals surface area (Å²) in [6.07, 6.45) is 0. The Morgan fingerprint density at radius 1 is 1.29 bits per heavy atom. The van der Waals surface area contributed by atoms with E-state index in [0.717, 1.165) is 4.68 Å². The molecular weight excluding hydrogens is 276 g/mol. The quantitative estimate of drug-likeness (QED) is 0.759. The van der Waals surface area contributed by atoms with Crippen molar-refractivity contribution in [2.75, 3.05) is 0 Å². The molecular formula is C13H10N4O4. The van der Waals surface area contributed by atoms with Crippen LogP contribution in [0.2, 0.25) is 0 Å². The molecule has 0 saturated carbocycles.